The van der Waals surface area contributed by atoms with Crippen LogP contribution in [0, 0.1) is 6.92 Å². The fraction of sp³-hybridized carbons (Fsp3) is 0.368. The Labute approximate surface area is 141 Å². The van der Waals surface area contributed by atoms with Gasteiger partial charge in [0, 0.05) is 24.3 Å². The van der Waals surface area contributed by atoms with Crippen molar-refractivity contribution in [3.63, 3.8) is 0 Å². The smallest absolute Gasteiger partial charge is 0.254 e. The van der Waals surface area contributed by atoms with Gasteiger partial charge in [0.05, 0.1) is 0 Å². The zero-order valence-corrected chi connectivity index (χ0v) is 13.8. The van der Waals surface area contributed by atoms with Crippen molar-refractivity contribution in [2.45, 2.75) is 38.8 Å². The van der Waals surface area contributed by atoms with Gasteiger partial charge in [-0.3, -0.25) is 9.59 Å². The average molecular weight is 326 g/mol. The highest BCUT2D eigenvalue weighted by Gasteiger charge is 2.29. The SMILES string of the molecule is Cc1cc(O)cc(=O)n1CC(=O)N1CCCC1Cc1ccccc1. The van der Waals surface area contributed by atoms with Gasteiger partial charge in [0.25, 0.3) is 5.56 Å². The van der Waals surface area contributed by atoms with E-state index in [0.29, 0.717) is 5.69 Å². The number of hydrogen-bond donors (Lipinski definition) is 1. The molecule has 2 aromatic rings. The largest absolute Gasteiger partial charge is 0.508 e. The Morgan fingerprint density at radius 3 is 2.71 bits per heavy atom. The van der Waals surface area contributed by atoms with E-state index < -0.39 is 0 Å². The quantitative estimate of drug-likeness (QED) is 0.936. The second kappa shape index (κ2) is 6.91. The summed E-state index contributed by atoms with van der Waals surface area (Å²) in [7, 11) is 0. The Hall–Kier alpha value is -2.56. The number of rotatable bonds is 4. The summed E-state index contributed by atoms with van der Waals surface area (Å²) in [5.41, 5.74) is 1.46. The Bertz CT molecular complexity index is 783. The fourth-order valence-electron chi connectivity index (χ4n) is 3.40. The number of aryl methyl sites for hydroxylation is 1. The summed E-state index contributed by atoms with van der Waals surface area (Å²) in [6.45, 7) is 2.48. The van der Waals surface area contributed by atoms with Crippen LogP contribution in [0.3, 0.4) is 0 Å². The highest BCUT2D eigenvalue weighted by atomic mass is 16.3. The molecule has 0 bridgehead atoms. The van der Waals surface area contributed by atoms with E-state index in [1.807, 2.05) is 23.1 Å². The van der Waals surface area contributed by atoms with Gasteiger partial charge in [-0.25, -0.2) is 0 Å². The number of nitrogens with zero attached hydrogens (tertiary/aromatic N) is 2. The maximum absolute atomic E-state index is 12.7. The molecule has 3 rings (SSSR count). The first kappa shape index (κ1) is 16.3. The Morgan fingerprint density at radius 1 is 1.25 bits per heavy atom. The van der Waals surface area contributed by atoms with Crippen LogP contribution >= 0.6 is 0 Å². The van der Waals surface area contributed by atoms with Crippen LogP contribution in [0.2, 0.25) is 0 Å². The number of likely N-dealkylation sites (tertiary alicyclic amines) is 1. The third kappa shape index (κ3) is 3.50. The van der Waals surface area contributed by atoms with Crippen LogP contribution in [-0.2, 0) is 17.8 Å². The van der Waals surface area contributed by atoms with Gasteiger partial charge in [-0.15, -0.1) is 0 Å². The van der Waals surface area contributed by atoms with Crippen molar-refractivity contribution >= 4 is 5.91 Å². The van der Waals surface area contributed by atoms with E-state index in [-0.39, 0.29) is 29.8 Å². The van der Waals surface area contributed by atoms with E-state index in [1.54, 1.807) is 6.92 Å². The first-order valence-corrected chi connectivity index (χ1v) is 8.28. The molecule has 0 saturated carbocycles. The summed E-state index contributed by atoms with van der Waals surface area (Å²) in [5.74, 6) is -0.103. The first-order chi connectivity index (χ1) is 11.5. The lowest BCUT2D eigenvalue weighted by Gasteiger charge is -2.25. The van der Waals surface area contributed by atoms with E-state index >= 15 is 0 Å². The van der Waals surface area contributed by atoms with Crippen LogP contribution in [-0.4, -0.2) is 33.1 Å². The molecular weight excluding hydrogens is 304 g/mol. The molecule has 1 N–H and O–H groups in total. The van der Waals surface area contributed by atoms with Crippen LogP contribution in [0.4, 0.5) is 0 Å². The van der Waals surface area contributed by atoms with Gasteiger partial charge in [-0.05, 0) is 37.8 Å². The fourth-order valence-corrected chi connectivity index (χ4v) is 3.40. The maximum atomic E-state index is 12.7. The van der Waals surface area contributed by atoms with Crippen molar-refractivity contribution in [3.05, 3.63) is 64.1 Å². The van der Waals surface area contributed by atoms with Gasteiger partial charge in [-0.1, -0.05) is 30.3 Å². The molecule has 1 amide bonds. The second-order valence-electron chi connectivity index (χ2n) is 6.35. The highest BCUT2D eigenvalue weighted by molar-refractivity contribution is 5.76. The molecule has 1 unspecified atom stereocenters. The van der Waals surface area contributed by atoms with E-state index in [0.717, 1.165) is 31.9 Å². The molecule has 126 valence electrons. The molecule has 1 fully saturated rings. The lowest BCUT2D eigenvalue weighted by atomic mass is 10.0. The standard InChI is InChI=1S/C19H22N2O3/c1-14-10-17(22)12-18(23)21(14)13-19(24)20-9-5-8-16(20)11-15-6-3-2-4-7-15/h2-4,6-7,10,12,16,22H,5,8-9,11,13H2,1H3. The van der Waals surface area contributed by atoms with Crippen LogP contribution < -0.4 is 5.56 Å². The second-order valence-corrected chi connectivity index (χ2v) is 6.35. The van der Waals surface area contributed by atoms with E-state index in [9.17, 15) is 14.7 Å². The van der Waals surface area contributed by atoms with Gasteiger partial charge in [0.1, 0.15) is 12.3 Å². The summed E-state index contributed by atoms with van der Waals surface area (Å²) in [4.78, 5) is 26.6. The van der Waals surface area contributed by atoms with Crippen LogP contribution in [0.5, 0.6) is 5.75 Å². The van der Waals surface area contributed by atoms with Gasteiger partial charge >= 0.3 is 0 Å². The zero-order valence-electron chi connectivity index (χ0n) is 13.8. The first-order valence-electron chi connectivity index (χ1n) is 8.28. The third-order valence-corrected chi connectivity index (χ3v) is 4.62. The van der Waals surface area contributed by atoms with Crippen molar-refractivity contribution in [3.8, 4) is 5.75 Å². The molecule has 0 aliphatic carbocycles. The number of pyridine rings is 1. The number of aromatic hydroxyl groups is 1. The van der Waals surface area contributed by atoms with Gasteiger partial charge in [0.2, 0.25) is 5.91 Å². The number of benzene rings is 1. The molecule has 2 heterocycles. The molecule has 0 spiro atoms. The van der Waals surface area contributed by atoms with E-state index in [2.05, 4.69) is 12.1 Å². The molecule has 1 saturated heterocycles. The lowest BCUT2D eigenvalue weighted by molar-refractivity contribution is -0.132. The number of hydrogen-bond acceptors (Lipinski definition) is 3. The average Bonchev–Trinajstić information content (AvgIpc) is 3.00. The maximum Gasteiger partial charge on any atom is 0.254 e. The predicted octanol–water partition coefficient (Wildman–Crippen LogP) is 2.10. The molecular formula is C19H22N2O3. The van der Waals surface area contributed by atoms with E-state index in [1.165, 1.54) is 16.2 Å². The van der Waals surface area contributed by atoms with Crippen molar-refractivity contribution in [1.82, 2.24) is 9.47 Å². The van der Waals surface area contributed by atoms with Crippen LogP contribution in [0.25, 0.3) is 0 Å². The monoisotopic (exact) mass is 326 g/mol. The molecule has 0 radical (unpaired) electrons. The van der Waals surface area contributed by atoms with Crippen molar-refractivity contribution in [1.29, 1.82) is 0 Å². The summed E-state index contributed by atoms with van der Waals surface area (Å²) in [6, 6.07) is 13.0. The molecule has 1 aromatic heterocycles. The minimum absolute atomic E-state index is 0.0240. The minimum atomic E-state index is -0.348. The summed E-state index contributed by atoms with van der Waals surface area (Å²) >= 11 is 0. The highest BCUT2D eigenvalue weighted by Crippen LogP contribution is 2.21. The summed E-state index contributed by atoms with van der Waals surface area (Å²) in [5, 5.41) is 9.46. The van der Waals surface area contributed by atoms with Gasteiger partial charge in [-0.2, -0.15) is 0 Å². The summed E-state index contributed by atoms with van der Waals surface area (Å²) in [6.07, 6.45) is 2.83. The number of amides is 1. The number of carbonyl (C=O) groups is 1. The number of aromatic nitrogens is 1. The molecule has 1 atom stereocenters. The van der Waals surface area contributed by atoms with E-state index in [4.69, 9.17) is 0 Å². The minimum Gasteiger partial charge on any atom is -0.508 e. The van der Waals surface area contributed by atoms with Crippen molar-refractivity contribution in [2.24, 2.45) is 0 Å². The Balaban J connectivity index is 1.73. The van der Waals surface area contributed by atoms with Gasteiger partial charge < -0.3 is 14.6 Å². The number of carbonyl (C=O) groups excluding carboxylic acids is 1. The molecule has 1 aromatic carbocycles. The van der Waals surface area contributed by atoms with Crippen molar-refractivity contribution in [2.75, 3.05) is 6.54 Å². The normalized spacial score (nSPS) is 17.2. The third-order valence-electron chi connectivity index (χ3n) is 4.62. The molecule has 5 nitrogen and oxygen atoms in total. The molecule has 1 aliphatic heterocycles. The Kier molecular flexibility index (Phi) is 4.69. The van der Waals surface area contributed by atoms with Crippen molar-refractivity contribution < 1.29 is 9.90 Å². The molecule has 5 heteroatoms. The topological polar surface area (TPSA) is 62.5 Å². The zero-order chi connectivity index (χ0) is 17.1. The lowest BCUT2D eigenvalue weighted by Crippen LogP contribution is -2.40. The predicted molar refractivity (Wildman–Crippen MR) is 92.0 cm³/mol. The van der Waals surface area contributed by atoms with Crippen LogP contribution in [0.1, 0.15) is 24.1 Å². The summed E-state index contributed by atoms with van der Waals surface area (Å²) < 4.78 is 1.42. The Morgan fingerprint density at radius 2 is 2.00 bits per heavy atom. The van der Waals surface area contributed by atoms with Crippen LogP contribution in [0.15, 0.2) is 47.3 Å². The van der Waals surface area contributed by atoms with Gasteiger partial charge in [0.15, 0.2) is 0 Å². The molecule has 1 aliphatic rings. The molecule has 24 heavy (non-hydrogen) atoms.